The highest BCUT2D eigenvalue weighted by Crippen LogP contribution is 2.35. The predicted octanol–water partition coefficient (Wildman–Crippen LogP) is 3.70. The molecular formula is C20H22F3N7O2S. The molecule has 0 spiro atoms. The number of hydrogen-bond acceptors (Lipinski definition) is 7. The fourth-order valence-corrected chi connectivity index (χ4v) is 4.37. The van der Waals surface area contributed by atoms with E-state index in [0.717, 1.165) is 18.7 Å². The number of fused-ring (bicyclic) bond motifs is 2. The highest BCUT2D eigenvalue weighted by atomic mass is 32.2. The molecule has 4 rings (SSSR count). The molecule has 0 aliphatic rings. The van der Waals surface area contributed by atoms with Crippen molar-refractivity contribution in [1.29, 1.82) is 0 Å². The number of imidazole rings is 1. The first kappa shape index (κ1) is 23.0. The zero-order valence-electron chi connectivity index (χ0n) is 18.3. The van der Waals surface area contributed by atoms with Crippen molar-refractivity contribution in [2.75, 3.05) is 11.1 Å². The monoisotopic (exact) mass is 481 g/mol. The van der Waals surface area contributed by atoms with Crippen molar-refractivity contribution in [3.63, 3.8) is 0 Å². The van der Waals surface area contributed by atoms with Crippen LogP contribution in [0.15, 0.2) is 29.6 Å². The number of halogens is 3. The van der Waals surface area contributed by atoms with Crippen molar-refractivity contribution in [2.45, 2.75) is 44.4 Å². The van der Waals surface area contributed by atoms with E-state index in [1.165, 1.54) is 22.2 Å². The topological polar surface area (TPSA) is 107 Å². The number of sulfone groups is 1. The van der Waals surface area contributed by atoms with Gasteiger partial charge in [-0.15, -0.1) is 0 Å². The Morgan fingerprint density at radius 3 is 2.55 bits per heavy atom. The summed E-state index contributed by atoms with van der Waals surface area (Å²) in [5, 5.41) is 7.35. The second-order valence-corrected chi connectivity index (χ2v) is 9.86. The summed E-state index contributed by atoms with van der Waals surface area (Å²) in [6.07, 6.45) is -1.54. The van der Waals surface area contributed by atoms with Gasteiger partial charge in [0.05, 0.1) is 11.3 Å². The number of aromatic nitrogens is 6. The van der Waals surface area contributed by atoms with Crippen molar-refractivity contribution in [2.24, 2.45) is 7.05 Å². The van der Waals surface area contributed by atoms with Gasteiger partial charge in [0.15, 0.2) is 26.2 Å². The molecule has 0 saturated carbocycles. The van der Waals surface area contributed by atoms with Gasteiger partial charge in [0.1, 0.15) is 22.7 Å². The average Bonchev–Trinajstić information content (AvgIpc) is 3.31. The van der Waals surface area contributed by atoms with Crippen molar-refractivity contribution in [3.05, 3.63) is 30.1 Å². The lowest BCUT2D eigenvalue weighted by atomic mass is 10.2. The largest absolute Gasteiger partial charge is 0.417 e. The van der Waals surface area contributed by atoms with E-state index in [1.54, 1.807) is 13.1 Å². The smallest absolute Gasteiger partial charge is 0.367 e. The Balaban J connectivity index is 2.04. The van der Waals surface area contributed by atoms with E-state index in [0.29, 0.717) is 5.82 Å². The molecule has 1 atom stereocenters. The minimum Gasteiger partial charge on any atom is -0.367 e. The minimum absolute atomic E-state index is 0.0181. The van der Waals surface area contributed by atoms with Crippen LogP contribution in [0, 0.1) is 0 Å². The van der Waals surface area contributed by atoms with Gasteiger partial charge in [-0.05, 0) is 25.5 Å². The third-order valence-electron chi connectivity index (χ3n) is 5.43. The first-order valence-corrected chi connectivity index (χ1v) is 11.9. The Hall–Kier alpha value is -3.22. The molecule has 0 radical (unpaired) electrons. The maximum absolute atomic E-state index is 13.2. The molecule has 0 aromatic carbocycles. The van der Waals surface area contributed by atoms with E-state index in [2.05, 4.69) is 25.4 Å². The first-order valence-electron chi connectivity index (χ1n) is 10.2. The van der Waals surface area contributed by atoms with Crippen LogP contribution < -0.4 is 5.32 Å². The van der Waals surface area contributed by atoms with Gasteiger partial charge >= 0.3 is 6.18 Å². The lowest BCUT2D eigenvalue weighted by Crippen LogP contribution is -2.16. The van der Waals surface area contributed by atoms with Crippen LogP contribution in [0.1, 0.15) is 32.8 Å². The zero-order chi connectivity index (χ0) is 24.1. The van der Waals surface area contributed by atoms with Crippen LogP contribution in [0.5, 0.6) is 0 Å². The van der Waals surface area contributed by atoms with E-state index in [1.807, 2.05) is 13.8 Å². The summed E-state index contributed by atoms with van der Waals surface area (Å²) in [5.41, 5.74) is -0.468. The fraction of sp³-hybridized carbons (Fsp3) is 0.400. The van der Waals surface area contributed by atoms with Crippen LogP contribution in [0.25, 0.3) is 28.2 Å². The molecule has 33 heavy (non-hydrogen) atoms. The van der Waals surface area contributed by atoms with Gasteiger partial charge in [-0.3, -0.25) is 0 Å². The third-order valence-corrected chi connectivity index (χ3v) is 7.06. The molecule has 0 bridgehead atoms. The maximum Gasteiger partial charge on any atom is 0.417 e. The van der Waals surface area contributed by atoms with Gasteiger partial charge in [-0.2, -0.15) is 22.8 Å². The Morgan fingerprint density at radius 2 is 1.91 bits per heavy atom. The number of pyridine rings is 1. The molecule has 1 N–H and O–H groups in total. The highest BCUT2D eigenvalue weighted by molar-refractivity contribution is 7.91. The summed E-state index contributed by atoms with van der Waals surface area (Å²) in [7, 11) is -2.28. The Morgan fingerprint density at radius 1 is 1.18 bits per heavy atom. The molecule has 176 valence electrons. The number of nitrogens with one attached hydrogen (secondary N) is 1. The number of aryl methyl sites for hydroxylation is 1. The van der Waals surface area contributed by atoms with E-state index in [9.17, 15) is 21.6 Å². The average molecular weight is 482 g/mol. The zero-order valence-corrected chi connectivity index (χ0v) is 19.2. The van der Waals surface area contributed by atoms with Gasteiger partial charge in [0, 0.05) is 25.5 Å². The van der Waals surface area contributed by atoms with Gasteiger partial charge < -0.3 is 9.88 Å². The molecule has 9 nitrogen and oxygen atoms in total. The lowest BCUT2D eigenvalue weighted by Gasteiger charge is -2.13. The second-order valence-electron chi connectivity index (χ2n) is 7.66. The summed E-state index contributed by atoms with van der Waals surface area (Å²) < 4.78 is 68.2. The van der Waals surface area contributed by atoms with E-state index < -0.39 is 21.6 Å². The van der Waals surface area contributed by atoms with Crippen LogP contribution >= 0.6 is 0 Å². The molecule has 0 saturated heterocycles. The van der Waals surface area contributed by atoms with Crippen molar-refractivity contribution >= 4 is 32.5 Å². The second kappa shape index (κ2) is 7.97. The van der Waals surface area contributed by atoms with Crippen LogP contribution in [0.4, 0.5) is 19.0 Å². The van der Waals surface area contributed by atoms with Crippen LogP contribution in [-0.2, 0) is 23.1 Å². The first-order chi connectivity index (χ1) is 15.5. The molecule has 0 aliphatic carbocycles. The molecule has 4 heterocycles. The van der Waals surface area contributed by atoms with Crippen LogP contribution in [0.3, 0.4) is 0 Å². The molecular weight excluding hydrogens is 459 g/mol. The van der Waals surface area contributed by atoms with Gasteiger partial charge in [-0.1, -0.05) is 13.8 Å². The molecule has 4 aromatic rings. The lowest BCUT2D eigenvalue weighted by molar-refractivity contribution is -0.137. The standard InChI is InChI=1S/C20H22F3N7O2S/c1-5-11(3)26-14-7-8-24-17-15(19(28-30(14)17)33(31,32)6-2)18-27-13-9-12(20(21,22)23)10-25-16(13)29(18)4/h7-11,26H,5-6H2,1-4H3. The number of anilines is 1. The molecule has 4 aromatic heterocycles. The van der Waals surface area contributed by atoms with E-state index >= 15 is 0 Å². The highest BCUT2D eigenvalue weighted by Gasteiger charge is 2.33. The number of nitrogens with zero attached hydrogens (tertiary/aromatic N) is 6. The Bertz CT molecular complexity index is 1460. The van der Waals surface area contributed by atoms with Crippen LogP contribution in [0.2, 0.25) is 0 Å². The van der Waals surface area contributed by atoms with Gasteiger partial charge in [0.25, 0.3) is 0 Å². The fourth-order valence-electron chi connectivity index (χ4n) is 3.39. The molecule has 0 aliphatic heterocycles. The molecule has 1 unspecified atom stereocenters. The van der Waals surface area contributed by atoms with Crippen molar-refractivity contribution in [1.82, 2.24) is 29.1 Å². The Kier molecular flexibility index (Phi) is 5.55. The number of rotatable bonds is 6. The Labute approximate surface area is 187 Å². The number of alkyl halides is 3. The summed E-state index contributed by atoms with van der Waals surface area (Å²) >= 11 is 0. The van der Waals surface area contributed by atoms with Gasteiger partial charge in [-0.25, -0.2) is 23.4 Å². The SMILES string of the molecule is CCC(C)Nc1ccnc2c(-c3nc4cc(C(F)(F)F)cnc4n3C)c(S(=O)(=O)CC)nn12. The van der Waals surface area contributed by atoms with E-state index in [4.69, 9.17) is 0 Å². The van der Waals surface area contributed by atoms with Gasteiger partial charge in [0.2, 0.25) is 0 Å². The summed E-state index contributed by atoms with van der Waals surface area (Å²) in [6, 6.07) is 2.63. The quantitative estimate of drug-likeness (QED) is 0.447. The molecule has 13 heteroatoms. The van der Waals surface area contributed by atoms with Crippen LogP contribution in [-0.4, -0.2) is 49.3 Å². The molecule has 0 amide bonds. The summed E-state index contributed by atoms with van der Waals surface area (Å²) in [5.74, 6) is 0.412. The van der Waals surface area contributed by atoms with E-state index in [-0.39, 0.29) is 45.0 Å². The minimum atomic E-state index is -4.59. The number of hydrogen-bond donors (Lipinski definition) is 1. The molecule has 0 fully saturated rings. The normalized spacial score (nSPS) is 13.7. The van der Waals surface area contributed by atoms with Crippen molar-refractivity contribution < 1.29 is 21.6 Å². The maximum atomic E-state index is 13.2. The van der Waals surface area contributed by atoms with Crippen molar-refractivity contribution in [3.8, 4) is 11.4 Å². The predicted molar refractivity (Wildman–Crippen MR) is 117 cm³/mol. The third kappa shape index (κ3) is 3.90. The summed E-state index contributed by atoms with van der Waals surface area (Å²) in [4.78, 5) is 12.6. The summed E-state index contributed by atoms with van der Waals surface area (Å²) in [6.45, 7) is 5.45.